The van der Waals surface area contributed by atoms with Gasteiger partial charge >= 0.3 is 0 Å². The predicted molar refractivity (Wildman–Crippen MR) is 99.4 cm³/mol. The minimum Gasteiger partial charge on any atom is -0.397 e. The third kappa shape index (κ3) is 4.41. The molecule has 3 nitrogen and oxygen atoms in total. The van der Waals surface area contributed by atoms with E-state index in [9.17, 15) is 4.39 Å². The molecule has 0 bridgehead atoms. The Labute approximate surface area is 145 Å². The van der Waals surface area contributed by atoms with Crippen molar-refractivity contribution in [3.63, 3.8) is 0 Å². The van der Waals surface area contributed by atoms with E-state index in [0.717, 1.165) is 37.4 Å². The van der Waals surface area contributed by atoms with E-state index in [1.54, 1.807) is 6.07 Å². The smallest absolute Gasteiger partial charge is 0.125 e. The Morgan fingerprint density at radius 1 is 0.917 bits per heavy atom. The molecule has 2 aliphatic rings. The van der Waals surface area contributed by atoms with Gasteiger partial charge in [-0.05, 0) is 68.3 Å². The van der Waals surface area contributed by atoms with E-state index in [2.05, 4.69) is 4.90 Å². The zero-order chi connectivity index (χ0) is 16.9. The first-order valence-electron chi connectivity index (χ1n) is 9.70. The van der Waals surface area contributed by atoms with Crippen LogP contribution in [0.1, 0.15) is 69.3 Å². The Morgan fingerprint density at radius 3 is 2.21 bits per heavy atom. The third-order valence-corrected chi connectivity index (χ3v) is 5.98. The van der Waals surface area contributed by atoms with Gasteiger partial charge in [-0.15, -0.1) is 0 Å². The third-order valence-electron chi connectivity index (χ3n) is 5.98. The second-order valence-electron chi connectivity index (χ2n) is 7.78. The zero-order valence-corrected chi connectivity index (χ0v) is 14.8. The molecule has 0 radical (unpaired) electrons. The standard InChI is InChI=1S/C20H32FN3/c21-17-12-18(20(23)19(22)13-17)16-8-10-24(11-9-16)14-15-6-4-2-1-3-5-7-15/h12-13,15-16H,1-11,14,22-23H2. The van der Waals surface area contributed by atoms with E-state index >= 15 is 0 Å². The SMILES string of the molecule is Nc1cc(F)cc(C2CCN(CC3CCCCCCC3)CC2)c1N. The van der Waals surface area contributed by atoms with E-state index in [1.165, 1.54) is 57.6 Å². The van der Waals surface area contributed by atoms with Crippen LogP contribution in [0, 0.1) is 11.7 Å². The molecule has 2 fully saturated rings. The lowest BCUT2D eigenvalue weighted by Gasteiger charge is -2.35. The van der Waals surface area contributed by atoms with Crippen molar-refractivity contribution < 1.29 is 4.39 Å². The number of hydrogen-bond acceptors (Lipinski definition) is 3. The maximum Gasteiger partial charge on any atom is 0.125 e. The Hall–Kier alpha value is -1.29. The molecule has 1 aromatic rings. The molecule has 0 spiro atoms. The average Bonchev–Trinajstić information content (AvgIpc) is 2.54. The van der Waals surface area contributed by atoms with Gasteiger partial charge in [-0.25, -0.2) is 4.39 Å². The maximum absolute atomic E-state index is 13.7. The van der Waals surface area contributed by atoms with Crippen LogP contribution >= 0.6 is 0 Å². The van der Waals surface area contributed by atoms with Crippen LogP contribution in [0.3, 0.4) is 0 Å². The van der Waals surface area contributed by atoms with E-state index in [0.29, 0.717) is 17.3 Å². The van der Waals surface area contributed by atoms with Gasteiger partial charge in [0, 0.05) is 6.54 Å². The summed E-state index contributed by atoms with van der Waals surface area (Å²) in [5.74, 6) is 0.946. The average molecular weight is 333 g/mol. The van der Waals surface area contributed by atoms with Gasteiger partial charge in [0.15, 0.2) is 0 Å². The van der Waals surface area contributed by atoms with Gasteiger partial charge in [-0.2, -0.15) is 0 Å². The molecule has 0 atom stereocenters. The number of likely N-dealkylation sites (tertiary alicyclic amines) is 1. The highest BCUT2D eigenvalue weighted by molar-refractivity contribution is 5.68. The number of benzene rings is 1. The quantitative estimate of drug-likeness (QED) is 0.799. The van der Waals surface area contributed by atoms with Crippen LogP contribution in [-0.4, -0.2) is 24.5 Å². The Bertz CT molecular complexity index is 530. The molecule has 134 valence electrons. The molecule has 0 aromatic heterocycles. The summed E-state index contributed by atoms with van der Waals surface area (Å²) in [6.07, 6.45) is 12.0. The lowest BCUT2D eigenvalue weighted by molar-refractivity contribution is 0.169. The molecule has 1 heterocycles. The van der Waals surface area contributed by atoms with Gasteiger partial charge in [-0.1, -0.05) is 32.1 Å². The molecule has 1 saturated heterocycles. The van der Waals surface area contributed by atoms with Crippen molar-refractivity contribution in [1.82, 2.24) is 4.90 Å². The van der Waals surface area contributed by atoms with Crippen LogP contribution in [-0.2, 0) is 0 Å². The van der Waals surface area contributed by atoms with Crippen molar-refractivity contribution >= 4 is 11.4 Å². The summed E-state index contributed by atoms with van der Waals surface area (Å²) in [4.78, 5) is 2.61. The van der Waals surface area contributed by atoms with Crippen LogP contribution in [0.4, 0.5) is 15.8 Å². The van der Waals surface area contributed by atoms with E-state index in [4.69, 9.17) is 11.5 Å². The summed E-state index contributed by atoms with van der Waals surface area (Å²) >= 11 is 0. The zero-order valence-electron chi connectivity index (χ0n) is 14.8. The molecule has 0 amide bonds. The fourth-order valence-electron chi connectivity index (χ4n) is 4.51. The minimum atomic E-state index is -0.270. The summed E-state index contributed by atoms with van der Waals surface area (Å²) < 4.78 is 13.7. The second kappa shape index (κ2) is 8.19. The number of piperidine rings is 1. The van der Waals surface area contributed by atoms with Crippen molar-refractivity contribution in [2.75, 3.05) is 31.1 Å². The van der Waals surface area contributed by atoms with Gasteiger partial charge in [0.05, 0.1) is 11.4 Å². The van der Waals surface area contributed by atoms with Crippen LogP contribution in [0.5, 0.6) is 0 Å². The molecule has 1 saturated carbocycles. The first kappa shape index (κ1) is 17.5. The second-order valence-corrected chi connectivity index (χ2v) is 7.78. The largest absolute Gasteiger partial charge is 0.397 e. The number of nitrogens with two attached hydrogens (primary N) is 2. The fourth-order valence-corrected chi connectivity index (χ4v) is 4.51. The summed E-state index contributed by atoms with van der Waals surface area (Å²) in [5.41, 5.74) is 13.8. The number of anilines is 2. The Balaban J connectivity index is 1.54. The molecule has 1 aromatic carbocycles. The molecule has 24 heavy (non-hydrogen) atoms. The highest BCUT2D eigenvalue weighted by Gasteiger charge is 2.25. The lowest BCUT2D eigenvalue weighted by Crippen LogP contribution is -2.37. The Morgan fingerprint density at radius 2 is 1.54 bits per heavy atom. The van der Waals surface area contributed by atoms with E-state index in [1.807, 2.05) is 0 Å². The van der Waals surface area contributed by atoms with Gasteiger partial charge in [0.25, 0.3) is 0 Å². The first-order chi connectivity index (χ1) is 11.6. The summed E-state index contributed by atoms with van der Waals surface area (Å²) in [6.45, 7) is 3.43. The van der Waals surface area contributed by atoms with Gasteiger partial charge < -0.3 is 16.4 Å². The van der Waals surface area contributed by atoms with E-state index in [-0.39, 0.29) is 5.82 Å². The first-order valence-corrected chi connectivity index (χ1v) is 9.70. The highest BCUT2D eigenvalue weighted by atomic mass is 19.1. The normalized spacial score (nSPS) is 22.2. The van der Waals surface area contributed by atoms with Crippen LogP contribution in [0.2, 0.25) is 0 Å². The molecule has 4 heteroatoms. The van der Waals surface area contributed by atoms with Crippen molar-refractivity contribution in [3.8, 4) is 0 Å². The predicted octanol–water partition coefficient (Wildman–Crippen LogP) is 4.53. The molecule has 0 unspecified atom stereocenters. The molecule has 1 aliphatic carbocycles. The topological polar surface area (TPSA) is 55.3 Å². The number of halogens is 1. The molecule has 4 N–H and O–H groups in total. The van der Waals surface area contributed by atoms with Gasteiger partial charge in [0.2, 0.25) is 0 Å². The molecule has 3 rings (SSSR count). The van der Waals surface area contributed by atoms with Crippen molar-refractivity contribution in [2.45, 2.75) is 63.7 Å². The van der Waals surface area contributed by atoms with Gasteiger partial charge in [0.1, 0.15) is 5.82 Å². The monoisotopic (exact) mass is 333 g/mol. The lowest BCUT2D eigenvalue weighted by atomic mass is 9.86. The molecule has 1 aliphatic heterocycles. The summed E-state index contributed by atoms with van der Waals surface area (Å²) in [5, 5.41) is 0. The summed E-state index contributed by atoms with van der Waals surface area (Å²) in [6, 6.07) is 2.91. The minimum absolute atomic E-state index is 0.270. The van der Waals surface area contributed by atoms with Gasteiger partial charge in [-0.3, -0.25) is 0 Å². The molecular formula is C20H32FN3. The van der Waals surface area contributed by atoms with Crippen LogP contribution < -0.4 is 11.5 Å². The van der Waals surface area contributed by atoms with Crippen molar-refractivity contribution in [2.24, 2.45) is 5.92 Å². The van der Waals surface area contributed by atoms with Crippen molar-refractivity contribution in [1.29, 1.82) is 0 Å². The summed E-state index contributed by atoms with van der Waals surface area (Å²) in [7, 11) is 0. The number of hydrogen-bond donors (Lipinski definition) is 2. The maximum atomic E-state index is 13.7. The highest BCUT2D eigenvalue weighted by Crippen LogP contribution is 2.35. The van der Waals surface area contributed by atoms with Crippen molar-refractivity contribution in [3.05, 3.63) is 23.5 Å². The number of rotatable bonds is 3. The molecular weight excluding hydrogens is 301 g/mol. The number of nitrogen functional groups attached to an aromatic ring is 2. The van der Waals surface area contributed by atoms with E-state index < -0.39 is 0 Å². The van der Waals surface area contributed by atoms with Crippen LogP contribution in [0.15, 0.2) is 12.1 Å². The number of nitrogens with zero attached hydrogens (tertiary/aromatic N) is 1. The van der Waals surface area contributed by atoms with Crippen LogP contribution in [0.25, 0.3) is 0 Å². The fraction of sp³-hybridized carbons (Fsp3) is 0.700. The Kier molecular flexibility index (Phi) is 5.99.